The molecule has 1 aliphatic heterocycles. The first-order valence-corrected chi connectivity index (χ1v) is 10.6. The summed E-state index contributed by atoms with van der Waals surface area (Å²) in [5.41, 5.74) is 1.01. The number of aromatic nitrogens is 1. The van der Waals surface area contributed by atoms with Crippen molar-refractivity contribution in [2.75, 3.05) is 44.8 Å². The third-order valence-corrected chi connectivity index (χ3v) is 6.23. The van der Waals surface area contributed by atoms with E-state index in [9.17, 15) is 4.79 Å². The van der Waals surface area contributed by atoms with Gasteiger partial charge in [0.25, 0.3) is 5.91 Å². The van der Waals surface area contributed by atoms with E-state index in [2.05, 4.69) is 26.9 Å². The molecule has 3 aromatic rings. The number of hydrogen-bond acceptors (Lipinski definition) is 6. The molecule has 2 aromatic carbocycles. The minimum absolute atomic E-state index is 0.00946. The van der Waals surface area contributed by atoms with Gasteiger partial charge in [0.15, 0.2) is 23.2 Å². The van der Waals surface area contributed by atoms with Crippen LogP contribution in [0.25, 0.3) is 10.2 Å². The zero-order chi connectivity index (χ0) is 19.5. The third kappa shape index (κ3) is 4.07. The molecule has 2 heterocycles. The molecule has 1 fully saturated rings. The van der Waals surface area contributed by atoms with E-state index in [1.165, 1.54) is 0 Å². The molecule has 8 heteroatoms. The SMILES string of the molecule is COc1ccccc1OCC(=O)N1CCN(c2nc3ccc(Br)cc3s2)CC1. The van der Waals surface area contributed by atoms with Gasteiger partial charge in [0, 0.05) is 30.7 Å². The van der Waals surface area contributed by atoms with E-state index in [4.69, 9.17) is 14.5 Å². The largest absolute Gasteiger partial charge is 0.493 e. The molecule has 1 amide bonds. The predicted molar refractivity (Wildman–Crippen MR) is 115 cm³/mol. The summed E-state index contributed by atoms with van der Waals surface area (Å²) >= 11 is 5.19. The number of nitrogens with zero attached hydrogens (tertiary/aromatic N) is 3. The quantitative estimate of drug-likeness (QED) is 0.578. The number of hydrogen-bond donors (Lipinski definition) is 0. The maximum absolute atomic E-state index is 12.5. The number of carbonyl (C=O) groups excluding carboxylic acids is 1. The van der Waals surface area contributed by atoms with Crippen LogP contribution in [0, 0.1) is 0 Å². The topological polar surface area (TPSA) is 54.9 Å². The Balaban J connectivity index is 1.33. The highest BCUT2D eigenvalue weighted by atomic mass is 79.9. The Hall–Kier alpha value is -2.32. The van der Waals surface area contributed by atoms with Crippen LogP contribution in [0.5, 0.6) is 11.5 Å². The Labute approximate surface area is 175 Å². The molecule has 1 aliphatic rings. The van der Waals surface area contributed by atoms with E-state index in [-0.39, 0.29) is 12.5 Å². The monoisotopic (exact) mass is 461 g/mol. The molecule has 0 N–H and O–H groups in total. The lowest BCUT2D eigenvalue weighted by atomic mass is 10.3. The van der Waals surface area contributed by atoms with E-state index in [0.29, 0.717) is 24.6 Å². The van der Waals surface area contributed by atoms with Gasteiger partial charge >= 0.3 is 0 Å². The van der Waals surface area contributed by atoms with Gasteiger partial charge in [-0.2, -0.15) is 0 Å². The van der Waals surface area contributed by atoms with Crippen LogP contribution in [0.2, 0.25) is 0 Å². The number of ether oxygens (including phenoxy) is 2. The van der Waals surface area contributed by atoms with E-state index in [1.807, 2.05) is 35.2 Å². The number of rotatable bonds is 5. The smallest absolute Gasteiger partial charge is 0.260 e. The highest BCUT2D eigenvalue weighted by molar-refractivity contribution is 9.10. The number of piperazine rings is 1. The second kappa shape index (κ2) is 8.36. The molecule has 0 aliphatic carbocycles. The van der Waals surface area contributed by atoms with Crippen molar-refractivity contribution >= 4 is 48.5 Å². The van der Waals surface area contributed by atoms with Crippen LogP contribution in [0.15, 0.2) is 46.9 Å². The van der Waals surface area contributed by atoms with Crippen molar-refractivity contribution in [2.45, 2.75) is 0 Å². The van der Waals surface area contributed by atoms with E-state index >= 15 is 0 Å². The molecule has 0 atom stereocenters. The molecular formula is C20H20BrN3O3S. The predicted octanol–water partition coefficient (Wildman–Crippen LogP) is 3.80. The molecule has 0 saturated carbocycles. The van der Waals surface area contributed by atoms with Gasteiger partial charge < -0.3 is 19.3 Å². The molecule has 1 aromatic heterocycles. The number of thiazole rings is 1. The summed E-state index contributed by atoms with van der Waals surface area (Å²) < 4.78 is 13.1. The summed E-state index contributed by atoms with van der Waals surface area (Å²) in [5, 5.41) is 1.01. The molecule has 0 unspecified atom stereocenters. The fraction of sp³-hybridized carbons (Fsp3) is 0.300. The van der Waals surface area contributed by atoms with E-state index < -0.39 is 0 Å². The van der Waals surface area contributed by atoms with Crippen molar-refractivity contribution in [3.63, 3.8) is 0 Å². The van der Waals surface area contributed by atoms with Crippen molar-refractivity contribution in [2.24, 2.45) is 0 Å². The van der Waals surface area contributed by atoms with Gasteiger partial charge in [-0.3, -0.25) is 4.79 Å². The standard InChI is InChI=1S/C20H20BrN3O3S/c1-26-16-4-2-3-5-17(16)27-13-19(25)23-8-10-24(11-9-23)20-22-15-7-6-14(21)12-18(15)28-20/h2-7,12H,8-11,13H2,1H3. The number of carbonyl (C=O) groups is 1. The fourth-order valence-electron chi connectivity index (χ4n) is 3.14. The minimum atomic E-state index is -0.0150. The molecule has 146 valence electrons. The van der Waals surface area contributed by atoms with Crippen LogP contribution >= 0.6 is 27.3 Å². The highest BCUT2D eigenvalue weighted by Crippen LogP contribution is 2.31. The van der Waals surface area contributed by atoms with Crippen LogP contribution in [0.1, 0.15) is 0 Å². The number of fused-ring (bicyclic) bond motifs is 1. The first-order valence-electron chi connectivity index (χ1n) is 8.98. The number of amides is 1. The number of para-hydroxylation sites is 2. The molecular weight excluding hydrogens is 442 g/mol. The van der Waals surface area contributed by atoms with Crippen LogP contribution in [-0.2, 0) is 4.79 Å². The van der Waals surface area contributed by atoms with Crippen molar-refractivity contribution in [3.8, 4) is 11.5 Å². The second-order valence-electron chi connectivity index (χ2n) is 6.42. The zero-order valence-corrected chi connectivity index (χ0v) is 17.8. The first kappa shape index (κ1) is 19.0. The lowest BCUT2D eigenvalue weighted by Crippen LogP contribution is -2.50. The Bertz CT molecular complexity index is 986. The summed E-state index contributed by atoms with van der Waals surface area (Å²) in [4.78, 5) is 21.3. The number of halogens is 1. The summed E-state index contributed by atoms with van der Waals surface area (Å²) in [6.07, 6.45) is 0. The first-order chi connectivity index (χ1) is 13.6. The van der Waals surface area contributed by atoms with Crippen molar-refractivity contribution in [1.82, 2.24) is 9.88 Å². The van der Waals surface area contributed by atoms with Crippen LogP contribution in [-0.4, -0.2) is 55.7 Å². The molecule has 4 rings (SSSR count). The van der Waals surface area contributed by atoms with Crippen molar-refractivity contribution < 1.29 is 14.3 Å². The average molecular weight is 462 g/mol. The molecule has 1 saturated heterocycles. The summed E-state index contributed by atoms with van der Waals surface area (Å²) in [5.74, 6) is 1.19. The molecule has 28 heavy (non-hydrogen) atoms. The van der Waals surface area contributed by atoms with E-state index in [0.717, 1.165) is 32.9 Å². The maximum atomic E-state index is 12.5. The molecule has 0 spiro atoms. The maximum Gasteiger partial charge on any atom is 0.260 e. The molecule has 0 radical (unpaired) electrons. The third-order valence-electron chi connectivity index (χ3n) is 4.66. The number of methoxy groups -OCH3 is 1. The zero-order valence-electron chi connectivity index (χ0n) is 15.4. The van der Waals surface area contributed by atoms with Crippen LogP contribution in [0.3, 0.4) is 0 Å². The molecule has 6 nitrogen and oxygen atoms in total. The van der Waals surface area contributed by atoms with Crippen molar-refractivity contribution in [1.29, 1.82) is 0 Å². The Morgan fingerprint density at radius 1 is 1.14 bits per heavy atom. The fourth-order valence-corrected chi connectivity index (χ4v) is 4.71. The minimum Gasteiger partial charge on any atom is -0.493 e. The van der Waals surface area contributed by atoms with Gasteiger partial charge in [-0.25, -0.2) is 4.98 Å². The summed E-state index contributed by atoms with van der Waals surface area (Å²) in [7, 11) is 1.59. The van der Waals surface area contributed by atoms with Gasteiger partial charge in [0.05, 0.1) is 17.3 Å². The molecule has 0 bridgehead atoms. The van der Waals surface area contributed by atoms with Crippen LogP contribution in [0.4, 0.5) is 5.13 Å². The van der Waals surface area contributed by atoms with Gasteiger partial charge in [0.2, 0.25) is 0 Å². The van der Waals surface area contributed by atoms with Gasteiger partial charge in [0.1, 0.15) is 0 Å². The highest BCUT2D eigenvalue weighted by Gasteiger charge is 2.23. The number of benzene rings is 2. The van der Waals surface area contributed by atoms with Gasteiger partial charge in [-0.1, -0.05) is 39.4 Å². The van der Waals surface area contributed by atoms with E-state index in [1.54, 1.807) is 24.5 Å². The second-order valence-corrected chi connectivity index (χ2v) is 8.34. The van der Waals surface area contributed by atoms with Gasteiger partial charge in [-0.05, 0) is 30.3 Å². The lowest BCUT2D eigenvalue weighted by Gasteiger charge is -2.34. The van der Waals surface area contributed by atoms with Crippen LogP contribution < -0.4 is 14.4 Å². The summed E-state index contributed by atoms with van der Waals surface area (Å²) in [6.45, 7) is 2.86. The average Bonchev–Trinajstić information content (AvgIpc) is 3.15. The van der Waals surface area contributed by atoms with Gasteiger partial charge in [-0.15, -0.1) is 0 Å². The van der Waals surface area contributed by atoms with Crippen molar-refractivity contribution in [3.05, 3.63) is 46.9 Å². The normalized spacial score (nSPS) is 14.4. The Morgan fingerprint density at radius 3 is 2.64 bits per heavy atom. The lowest BCUT2D eigenvalue weighted by molar-refractivity contribution is -0.133. The Morgan fingerprint density at radius 2 is 1.89 bits per heavy atom. The Kier molecular flexibility index (Phi) is 5.68. The summed E-state index contributed by atoms with van der Waals surface area (Å²) in [6, 6.07) is 13.5. The number of anilines is 1.